The molecule has 1 N–H and O–H groups in total. The number of fused-ring (bicyclic) bond motifs is 1. The molecule has 0 spiro atoms. The van der Waals surface area contributed by atoms with E-state index in [2.05, 4.69) is 15.9 Å². The molecule has 0 fully saturated rings. The SMILES string of the molecule is OC(c1cc(F)cc(F)c1)c1cc2c(cc1Br)OCCO2. The zero-order chi connectivity index (χ0) is 15.0. The van der Waals surface area contributed by atoms with Gasteiger partial charge in [-0.05, 0) is 29.8 Å². The van der Waals surface area contributed by atoms with Crippen LogP contribution in [-0.2, 0) is 0 Å². The van der Waals surface area contributed by atoms with Crippen LogP contribution >= 0.6 is 15.9 Å². The smallest absolute Gasteiger partial charge is 0.162 e. The maximum absolute atomic E-state index is 13.3. The molecule has 21 heavy (non-hydrogen) atoms. The summed E-state index contributed by atoms with van der Waals surface area (Å²) >= 11 is 3.33. The second kappa shape index (κ2) is 5.61. The van der Waals surface area contributed by atoms with Crippen LogP contribution < -0.4 is 9.47 Å². The summed E-state index contributed by atoms with van der Waals surface area (Å²) < 4.78 is 38.0. The molecule has 1 atom stereocenters. The van der Waals surface area contributed by atoms with Crippen LogP contribution in [0.1, 0.15) is 17.2 Å². The van der Waals surface area contributed by atoms with E-state index in [1.807, 2.05) is 0 Å². The Morgan fingerprint density at radius 2 is 1.52 bits per heavy atom. The number of aliphatic hydroxyl groups is 1. The van der Waals surface area contributed by atoms with Gasteiger partial charge in [-0.3, -0.25) is 0 Å². The van der Waals surface area contributed by atoms with E-state index in [0.29, 0.717) is 34.7 Å². The molecule has 1 aliphatic rings. The van der Waals surface area contributed by atoms with Gasteiger partial charge in [0.25, 0.3) is 0 Å². The van der Waals surface area contributed by atoms with Crippen molar-refractivity contribution in [2.24, 2.45) is 0 Å². The summed E-state index contributed by atoms with van der Waals surface area (Å²) in [5, 5.41) is 10.4. The third kappa shape index (κ3) is 2.87. The van der Waals surface area contributed by atoms with Crippen LogP contribution in [0.5, 0.6) is 11.5 Å². The molecule has 0 aliphatic carbocycles. The second-order valence-corrected chi connectivity index (χ2v) is 5.48. The number of ether oxygens (including phenoxy) is 2. The zero-order valence-corrected chi connectivity index (χ0v) is 12.4. The van der Waals surface area contributed by atoms with Crippen molar-refractivity contribution in [2.45, 2.75) is 6.10 Å². The average Bonchev–Trinajstić information content (AvgIpc) is 2.44. The lowest BCUT2D eigenvalue weighted by atomic mass is 10.0. The number of aliphatic hydroxyl groups excluding tert-OH is 1. The van der Waals surface area contributed by atoms with Gasteiger partial charge in [-0.25, -0.2) is 8.78 Å². The molecule has 110 valence electrons. The molecule has 0 radical (unpaired) electrons. The normalized spacial score (nSPS) is 14.9. The van der Waals surface area contributed by atoms with Crippen molar-refractivity contribution in [1.82, 2.24) is 0 Å². The summed E-state index contributed by atoms with van der Waals surface area (Å²) in [6.07, 6.45) is -1.18. The van der Waals surface area contributed by atoms with Gasteiger partial charge >= 0.3 is 0 Å². The van der Waals surface area contributed by atoms with Crippen molar-refractivity contribution in [1.29, 1.82) is 0 Å². The van der Waals surface area contributed by atoms with Gasteiger partial charge in [0, 0.05) is 16.1 Å². The predicted octanol–water partition coefficient (Wildman–Crippen LogP) is 3.58. The number of rotatable bonds is 2. The Kier molecular flexibility index (Phi) is 3.82. The first kappa shape index (κ1) is 14.3. The Labute approximate surface area is 128 Å². The molecule has 0 amide bonds. The molecule has 3 rings (SSSR count). The van der Waals surface area contributed by atoms with Crippen molar-refractivity contribution >= 4 is 15.9 Å². The van der Waals surface area contributed by atoms with Crippen LogP contribution in [0.3, 0.4) is 0 Å². The molecular weight excluding hydrogens is 346 g/mol. The molecule has 2 aromatic rings. The lowest BCUT2D eigenvalue weighted by molar-refractivity contribution is 0.169. The monoisotopic (exact) mass is 356 g/mol. The Morgan fingerprint density at radius 3 is 2.14 bits per heavy atom. The van der Waals surface area contributed by atoms with E-state index < -0.39 is 17.7 Å². The van der Waals surface area contributed by atoms with E-state index >= 15 is 0 Å². The molecule has 0 saturated carbocycles. The fraction of sp³-hybridized carbons (Fsp3) is 0.200. The molecule has 1 heterocycles. The van der Waals surface area contributed by atoms with E-state index in [1.165, 1.54) is 0 Å². The first-order chi connectivity index (χ1) is 10.0. The summed E-state index contributed by atoms with van der Waals surface area (Å²) in [4.78, 5) is 0. The topological polar surface area (TPSA) is 38.7 Å². The van der Waals surface area contributed by atoms with Gasteiger partial charge < -0.3 is 14.6 Å². The molecule has 0 saturated heterocycles. The summed E-state index contributed by atoms with van der Waals surface area (Å²) in [5.41, 5.74) is 0.578. The van der Waals surface area contributed by atoms with Crippen LogP contribution in [0.4, 0.5) is 8.78 Å². The number of benzene rings is 2. The maximum Gasteiger partial charge on any atom is 0.162 e. The van der Waals surface area contributed by atoms with E-state index in [0.717, 1.165) is 18.2 Å². The lowest BCUT2D eigenvalue weighted by Crippen LogP contribution is -2.16. The van der Waals surface area contributed by atoms with Crippen molar-refractivity contribution in [3.8, 4) is 11.5 Å². The van der Waals surface area contributed by atoms with Gasteiger partial charge in [-0.2, -0.15) is 0 Å². The fourth-order valence-corrected chi connectivity index (χ4v) is 2.74. The minimum Gasteiger partial charge on any atom is -0.486 e. The molecule has 6 heteroatoms. The summed E-state index contributed by atoms with van der Waals surface area (Å²) in [6, 6.07) is 6.22. The summed E-state index contributed by atoms with van der Waals surface area (Å²) in [6.45, 7) is 0.870. The Hall–Kier alpha value is -1.66. The predicted molar refractivity (Wildman–Crippen MR) is 75.6 cm³/mol. The standard InChI is InChI=1S/C15H11BrF2O3/c16-12-7-14-13(20-1-2-21-14)6-11(12)15(19)8-3-9(17)5-10(18)4-8/h3-7,15,19H,1-2H2. The third-order valence-electron chi connectivity index (χ3n) is 3.16. The quantitative estimate of drug-likeness (QED) is 0.893. The number of hydrogen-bond acceptors (Lipinski definition) is 3. The molecule has 1 aliphatic heterocycles. The lowest BCUT2D eigenvalue weighted by Gasteiger charge is -2.21. The number of halogens is 3. The molecule has 2 aromatic carbocycles. The first-order valence-corrected chi connectivity index (χ1v) is 7.07. The molecule has 1 unspecified atom stereocenters. The highest BCUT2D eigenvalue weighted by molar-refractivity contribution is 9.10. The van der Waals surface area contributed by atoms with Gasteiger partial charge in [0.2, 0.25) is 0 Å². The zero-order valence-electron chi connectivity index (χ0n) is 10.8. The van der Waals surface area contributed by atoms with Crippen molar-refractivity contribution in [3.05, 3.63) is 57.6 Å². The van der Waals surface area contributed by atoms with Crippen molar-refractivity contribution in [2.75, 3.05) is 13.2 Å². The Morgan fingerprint density at radius 1 is 0.952 bits per heavy atom. The van der Waals surface area contributed by atoms with E-state index in [4.69, 9.17) is 9.47 Å². The van der Waals surface area contributed by atoms with Crippen LogP contribution in [0.15, 0.2) is 34.8 Å². The highest BCUT2D eigenvalue weighted by atomic mass is 79.9. The Bertz CT molecular complexity index is 671. The summed E-state index contributed by atoms with van der Waals surface area (Å²) in [7, 11) is 0. The van der Waals surface area contributed by atoms with E-state index in [1.54, 1.807) is 12.1 Å². The molecular formula is C15H11BrF2O3. The van der Waals surface area contributed by atoms with Crippen LogP contribution in [0.2, 0.25) is 0 Å². The Balaban J connectivity index is 2.02. The minimum atomic E-state index is -1.18. The maximum atomic E-state index is 13.3. The largest absolute Gasteiger partial charge is 0.486 e. The minimum absolute atomic E-state index is 0.130. The van der Waals surface area contributed by atoms with Crippen LogP contribution in [-0.4, -0.2) is 18.3 Å². The van der Waals surface area contributed by atoms with Gasteiger partial charge in [0.15, 0.2) is 11.5 Å². The van der Waals surface area contributed by atoms with Crippen molar-refractivity contribution < 1.29 is 23.4 Å². The van der Waals surface area contributed by atoms with Gasteiger partial charge in [0.1, 0.15) is 31.0 Å². The van der Waals surface area contributed by atoms with Crippen LogP contribution in [0.25, 0.3) is 0 Å². The van der Waals surface area contributed by atoms with Crippen LogP contribution in [0, 0.1) is 11.6 Å². The van der Waals surface area contributed by atoms with E-state index in [9.17, 15) is 13.9 Å². The fourth-order valence-electron chi connectivity index (χ4n) is 2.20. The van der Waals surface area contributed by atoms with Gasteiger partial charge in [-0.15, -0.1) is 0 Å². The van der Waals surface area contributed by atoms with E-state index in [-0.39, 0.29) is 5.56 Å². The molecule has 3 nitrogen and oxygen atoms in total. The van der Waals surface area contributed by atoms with Gasteiger partial charge in [0.05, 0.1) is 0 Å². The average molecular weight is 357 g/mol. The first-order valence-electron chi connectivity index (χ1n) is 6.27. The van der Waals surface area contributed by atoms with Crippen molar-refractivity contribution in [3.63, 3.8) is 0 Å². The summed E-state index contributed by atoms with van der Waals surface area (Å²) in [5.74, 6) is -0.416. The highest BCUT2D eigenvalue weighted by Gasteiger charge is 2.21. The number of hydrogen-bond donors (Lipinski definition) is 1. The molecule has 0 aromatic heterocycles. The second-order valence-electron chi connectivity index (χ2n) is 4.62. The third-order valence-corrected chi connectivity index (χ3v) is 3.84. The van der Waals surface area contributed by atoms with Gasteiger partial charge in [-0.1, -0.05) is 15.9 Å². The molecule has 0 bridgehead atoms. The highest BCUT2D eigenvalue weighted by Crippen LogP contribution is 2.39.